The highest BCUT2D eigenvalue weighted by Crippen LogP contribution is 2.52. The van der Waals surface area contributed by atoms with E-state index in [9.17, 15) is 38.6 Å². The number of likely N-dealkylation sites (N-methyl/N-ethyl adjacent to an activating group) is 1. The molecule has 2 aromatic rings. The molecule has 0 radical (unpaired) electrons. The standard InChI is InChI=1S/C31H34FN3O7/c1-34(2)20-13-15(8-5-14-6-9-17(32)10-7-14)25(36)22-18(20)11-16-12-19-24(35(3)4)27(38)23(30(33)41)29(40)31(19,42)28(39)21(16)26(22)37/h6-7,9-10,13,16,19,21,23-24,36,42H,5,8,11-12H2,1-4H3,(H2,33,41)/t16-,19-,21?,23?,24-,31-/m1/s1. The molecular formula is C31H34FN3O7. The van der Waals surface area contributed by atoms with Crippen molar-refractivity contribution in [3.05, 3.63) is 58.4 Å². The number of nitrogens with zero attached hydrogens (tertiary/aromatic N) is 2. The summed E-state index contributed by atoms with van der Waals surface area (Å²) in [5, 5.41) is 23.1. The minimum atomic E-state index is -2.77. The molecule has 2 unspecified atom stereocenters. The van der Waals surface area contributed by atoms with Crippen LogP contribution in [-0.2, 0) is 38.4 Å². The third-order valence-corrected chi connectivity index (χ3v) is 9.19. The number of nitrogens with two attached hydrogens (primary N) is 1. The Morgan fingerprint density at radius 2 is 1.69 bits per heavy atom. The number of aliphatic hydroxyl groups is 1. The summed E-state index contributed by atoms with van der Waals surface area (Å²) in [6, 6.07) is 6.60. The van der Waals surface area contributed by atoms with E-state index in [2.05, 4.69) is 0 Å². The van der Waals surface area contributed by atoms with E-state index < -0.39 is 64.4 Å². The molecule has 0 heterocycles. The van der Waals surface area contributed by atoms with Gasteiger partial charge in [-0.05, 0) is 80.6 Å². The van der Waals surface area contributed by atoms with E-state index in [1.807, 2.05) is 4.90 Å². The summed E-state index contributed by atoms with van der Waals surface area (Å²) < 4.78 is 13.4. The van der Waals surface area contributed by atoms with Crippen molar-refractivity contribution in [3.63, 3.8) is 0 Å². The predicted octanol–water partition coefficient (Wildman–Crippen LogP) is 0.857. The van der Waals surface area contributed by atoms with E-state index in [0.29, 0.717) is 29.7 Å². The molecule has 11 heteroatoms. The third kappa shape index (κ3) is 4.33. The van der Waals surface area contributed by atoms with Gasteiger partial charge in [-0.25, -0.2) is 4.39 Å². The number of primary amides is 1. The lowest BCUT2D eigenvalue weighted by atomic mass is 9.52. The normalized spacial score (nSPS) is 28.8. The zero-order valence-corrected chi connectivity index (χ0v) is 23.9. The molecule has 2 aromatic carbocycles. The zero-order valence-electron chi connectivity index (χ0n) is 23.9. The van der Waals surface area contributed by atoms with Gasteiger partial charge in [-0.2, -0.15) is 0 Å². The molecule has 2 saturated carbocycles. The second kappa shape index (κ2) is 10.4. The summed E-state index contributed by atoms with van der Waals surface area (Å²) in [5.74, 6) is -11.1. The fraction of sp³-hybridized carbons (Fsp3) is 0.452. The van der Waals surface area contributed by atoms with E-state index >= 15 is 0 Å². The van der Waals surface area contributed by atoms with Crippen molar-refractivity contribution in [2.45, 2.75) is 37.3 Å². The van der Waals surface area contributed by atoms with Gasteiger partial charge in [0, 0.05) is 25.7 Å². The molecule has 0 aromatic heterocycles. The number of phenols is 1. The number of carbonyl (C=O) groups excluding carboxylic acids is 5. The molecule has 0 spiro atoms. The molecule has 0 saturated heterocycles. The summed E-state index contributed by atoms with van der Waals surface area (Å²) in [7, 11) is 6.68. The molecule has 4 N–H and O–H groups in total. The van der Waals surface area contributed by atoms with Crippen LogP contribution in [0, 0.1) is 29.5 Å². The highest BCUT2D eigenvalue weighted by Gasteiger charge is 2.69. The molecule has 42 heavy (non-hydrogen) atoms. The number of benzene rings is 2. The van der Waals surface area contributed by atoms with E-state index in [1.165, 1.54) is 17.0 Å². The molecule has 5 rings (SSSR count). The van der Waals surface area contributed by atoms with Crippen molar-refractivity contribution in [1.29, 1.82) is 0 Å². The number of fused-ring (bicyclic) bond motifs is 3. The first-order chi connectivity index (χ1) is 19.7. The molecule has 2 fully saturated rings. The molecule has 6 atom stereocenters. The Hall–Kier alpha value is -3.96. The van der Waals surface area contributed by atoms with Crippen LogP contribution in [-0.4, -0.2) is 84.0 Å². The minimum Gasteiger partial charge on any atom is -0.507 e. The highest BCUT2D eigenvalue weighted by molar-refractivity contribution is 6.32. The second-order valence-electron chi connectivity index (χ2n) is 12.1. The number of hydrogen-bond donors (Lipinski definition) is 3. The van der Waals surface area contributed by atoms with Gasteiger partial charge in [0.15, 0.2) is 34.7 Å². The van der Waals surface area contributed by atoms with Gasteiger partial charge >= 0.3 is 0 Å². The SMILES string of the molecule is CN(C)c1cc(CCc2ccc(F)cc2)c(O)c2c1C[C@@H]1C[C@@H]3[C@@H](N(C)C)C(=O)C(C(N)=O)C(=O)[C@]3(O)C(=O)C1C2=O. The van der Waals surface area contributed by atoms with Crippen molar-refractivity contribution >= 4 is 34.7 Å². The average molecular weight is 580 g/mol. The topological polar surface area (TPSA) is 158 Å². The van der Waals surface area contributed by atoms with Crippen molar-refractivity contribution in [2.24, 2.45) is 29.4 Å². The Morgan fingerprint density at radius 3 is 2.26 bits per heavy atom. The van der Waals surface area contributed by atoms with E-state index in [-0.39, 0.29) is 30.0 Å². The number of aryl methyl sites for hydroxylation is 2. The second-order valence-corrected chi connectivity index (χ2v) is 12.1. The number of Topliss-reactive ketones (excluding diaryl/α,β-unsaturated/α-hetero) is 4. The number of amides is 1. The van der Waals surface area contributed by atoms with Crippen LogP contribution in [0.5, 0.6) is 5.75 Å². The van der Waals surface area contributed by atoms with E-state index in [1.54, 1.807) is 46.4 Å². The lowest BCUT2D eigenvalue weighted by molar-refractivity contribution is -0.181. The van der Waals surface area contributed by atoms with Gasteiger partial charge in [-0.15, -0.1) is 0 Å². The number of phenolic OH excluding ortho intramolecular Hbond substituents is 1. The van der Waals surface area contributed by atoms with Gasteiger partial charge in [0.1, 0.15) is 11.6 Å². The smallest absolute Gasteiger partial charge is 0.235 e. The van der Waals surface area contributed by atoms with Gasteiger partial charge in [-0.3, -0.25) is 28.9 Å². The fourth-order valence-corrected chi connectivity index (χ4v) is 7.23. The van der Waals surface area contributed by atoms with Crippen LogP contribution in [0.1, 0.15) is 33.5 Å². The van der Waals surface area contributed by atoms with E-state index in [4.69, 9.17) is 5.73 Å². The largest absolute Gasteiger partial charge is 0.507 e. The first-order valence-electron chi connectivity index (χ1n) is 13.8. The molecule has 10 nitrogen and oxygen atoms in total. The lowest BCUT2D eigenvalue weighted by Gasteiger charge is -2.52. The molecule has 3 aliphatic rings. The van der Waals surface area contributed by atoms with Crippen LogP contribution < -0.4 is 10.6 Å². The average Bonchev–Trinajstić information content (AvgIpc) is 2.90. The Labute approximate surface area is 242 Å². The van der Waals surface area contributed by atoms with Gasteiger partial charge in [-0.1, -0.05) is 12.1 Å². The summed E-state index contributed by atoms with van der Waals surface area (Å²) >= 11 is 0. The van der Waals surface area contributed by atoms with Crippen molar-refractivity contribution < 1.29 is 38.6 Å². The summed E-state index contributed by atoms with van der Waals surface area (Å²) in [6.07, 6.45) is 0.941. The first-order valence-corrected chi connectivity index (χ1v) is 13.8. The quantitative estimate of drug-likeness (QED) is 0.422. The van der Waals surface area contributed by atoms with Crippen LogP contribution in [0.15, 0.2) is 30.3 Å². The third-order valence-electron chi connectivity index (χ3n) is 9.19. The maximum atomic E-state index is 14.1. The van der Waals surface area contributed by atoms with Crippen molar-refractivity contribution in [2.75, 3.05) is 33.1 Å². The van der Waals surface area contributed by atoms with Crippen molar-refractivity contribution in [1.82, 2.24) is 4.90 Å². The number of rotatable bonds is 6. The highest BCUT2D eigenvalue weighted by atomic mass is 19.1. The van der Waals surface area contributed by atoms with Crippen LogP contribution in [0.4, 0.5) is 10.1 Å². The Balaban J connectivity index is 1.59. The Morgan fingerprint density at radius 1 is 1.05 bits per heavy atom. The van der Waals surface area contributed by atoms with Gasteiger partial charge < -0.3 is 20.8 Å². The van der Waals surface area contributed by atoms with Crippen LogP contribution >= 0.6 is 0 Å². The number of halogens is 1. The number of ketones is 4. The number of anilines is 1. The lowest BCUT2D eigenvalue weighted by Crippen LogP contribution is -2.74. The predicted molar refractivity (Wildman–Crippen MR) is 149 cm³/mol. The molecule has 0 aliphatic heterocycles. The van der Waals surface area contributed by atoms with Gasteiger partial charge in [0.25, 0.3) is 0 Å². The molecular weight excluding hydrogens is 545 g/mol. The molecule has 3 aliphatic carbocycles. The van der Waals surface area contributed by atoms with Crippen LogP contribution in [0.3, 0.4) is 0 Å². The molecule has 0 bridgehead atoms. The Bertz CT molecular complexity index is 1520. The number of carbonyl (C=O) groups is 5. The fourth-order valence-electron chi connectivity index (χ4n) is 7.23. The van der Waals surface area contributed by atoms with E-state index in [0.717, 1.165) is 5.56 Å². The van der Waals surface area contributed by atoms with Crippen molar-refractivity contribution in [3.8, 4) is 5.75 Å². The number of hydrogen-bond acceptors (Lipinski definition) is 9. The monoisotopic (exact) mass is 579 g/mol. The molecule has 222 valence electrons. The first kappa shape index (κ1) is 29.5. The van der Waals surface area contributed by atoms with Gasteiger partial charge in [0.2, 0.25) is 5.91 Å². The summed E-state index contributed by atoms with van der Waals surface area (Å²) in [6.45, 7) is 0. The summed E-state index contributed by atoms with van der Waals surface area (Å²) in [5.41, 5.74) is 5.06. The number of aromatic hydroxyl groups is 1. The van der Waals surface area contributed by atoms with Crippen LogP contribution in [0.2, 0.25) is 0 Å². The van der Waals surface area contributed by atoms with Crippen LogP contribution in [0.25, 0.3) is 0 Å². The maximum Gasteiger partial charge on any atom is 0.235 e. The van der Waals surface area contributed by atoms with Gasteiger partial charge in [0.05, 0.1) is 17.5 Å². The minimum absolute atomic E-state index is 0.0101. The zero-order chi connectivity index (χ0) is 30.8. The molecule has 1 amide bonds. The maximum absolute atomic E-state index is 14.1. The summed E-state index contributed by atoms with van der Waals surface area (Å²) in [4.78, 5) is 70.3. The Kier molecular flexibility index (Phi) is 7.31.